The summed E-state index contributed by atoms with van der Waals surface area (Å²) in [7, 11) is 0. The second kappa shape index (κ2) is 4.84. The van der Waals surface area contributed by atoms with Crippen LogP contribution in [0.3, 0.4) is 0 Å². The normalized spacial score (nSPS) is 18.4. The van der Waals surface area contributed by atoms with Crippen molar-refractivity contribution in [2.24, 2.45) is 0 Å². The Morgan fingerprint density at radius 3 is 2.94 bits per heavy atom. The van der Waals surface area contributed by atoms with Gasteiger partial charge < -0.3 is 5.32 Å². The van der Waals surface area contributed by atoms with Crippen molar-refractivity contribution in [1.82, 2.24) is 9.78 Å². The SMILES string of the molecule is CCn1cc(NC2CCc3ccccc3C2)cn1. The molecule has 94 valence electrons. The molecule has 0 spiro atoms. The topological polar surface area (TPSA) is 29.9 Å². The molecule has 0 saturated carbocycles. The quantitative estimate of drug-likeness (QED) is 0.895. The molecule has 3 heteroatoms. The van der Waals surface area contributed by atoms with Crippen molar-refractivity contribution in [2.75, 3.05) is 5.32 Å². The second-order valence-corrected chi connectivity index (χ2v) is 4.94. The Kier molecular flexibility index (Phi) is 3.05. The summed E-state index contributed by atoms with van der Waals surface area (Å²) < 4.78 is 1.96. The standard InChI is InChI=1S/C15H19N3/c1-2-18-11-15(10-16-18)17-14-8-7-12-5-3-4-6-13(12)9-14/h3-6,10-11,14,17H,2,7-9H2,1H3. The van der Waals surface area contributed by atoms with Crippen molar-refractivity contribution in [2.45, 2.75) is 38.8 Å². The smallest absolute Gasteiger partial charge is 0.0728 e. The summed E-state index contributed by atoms with van der Waals surface area (Å²) in [5, 5.41) is 7.89. The van der Waals surface area contributed by atoms with Crippen LogP contribution in [0.2, 0.25) is 0 Å². The van der Waals surface area contributed by atoms with Crippen LogP contribution in [-0.4, -0.2) is 15.8 Å². The van der Waals surface area contributed by atoms with Gasteiger partial charge in [0.2, 0.25) is 0 Å². The Morgan fingerprint density at radius 2 is 2.17 bits per heavy atom. The predicted octanol–water partition coefficient (Wildman–Crippen LogP) is 2.87. The van der Waals surface area contributed by atoms with E-state index in [2.05, 4.69) is 47.8 Å². The van der Waals surface area contributed by atoms with Crippen molar-refractivity contribution in [3.63, 3.8) is 0 Å². The van der Waals surface area contributed by atoms with Gasteiger partial charge in [0.05, 0.1) is 11.9 Å². The van der Waals surface area contributed by atoms with Crippen molar-refractivity contribution in [3.8, 4) is 0 Å². The van der Waals surface area contributed by atoms with Crippen LogP contribution in [-0.2, 0) is 19.4 Å². The Labute approximate surface area is 108 Å². The average molecular weight is 241 g/mol. The zero-order valence-corrected chi connectivity index (χ0v) is 10.8. The van der Waals surface area contributed by atoms with Crippen molar-refractivity contribution < 1.29 is 0 Å². The number of hydrogen-bond acceptors (Lipinski definition) is 2. The van der Waals surface area contributed by atoms with Gasteiger partial charge >= 0.3 is 0 Å². The van der Waals surface area contributed by atoms with E-state index < -0.39 is 0 Å². The highest BCUT2D eigenvalue weighted by molar-refractivity contribution is 5.41. The van der Waals surface area contributed by atoms with Crippen molar-refractivity contribution in [1.29, 1.82) is 0 Å². The first-order chi connectivity index (χ1) is 8.85. The van der Waals surface area contributed by atoms with E-state index in [0.717, 1.165) is 18.7 Å². The van der Waals surface area contributed by atoms with E-state index >= 15 is 0 Å². The van der Waals surface area contributed by atoms with Crippen LogP contribution in [0.4, 0.5) is 5.69 Å². The minimum atomic E-state index is 0.536. The number of hydrogen-bond donors (Lipinski definition) is 1. The Balaban J connectivity index is 1.69. The molecule has 0 radical (unpaired) electrons. The van der Waals surface area contributed by atoms with E-state index in [-0.39, 0.29) is 0 Å². The van der Waals surface area contributed by atoms with Crippen molar-refractivity contribution in [3.05, 3.63) is 47.8 Å². The first-order valence-corrected chi connectivity index (χ1v) is 6.71. The monoisotopic (exact) mass is 241 g/mol. The molecule has 0 aliphatic heterocycles. The van der Waals surface area contributed by atoms with E-state index in [1.54, 1.807) is 0 Å². The van der Waals surface area contributed by atoms with E-state index in [9.17, 15) is 0 Å². The van der Waals surface area contributed by atoms with E-state index in [1.807, 2.05) is 10.9 Å². The summed E-state index contributed by atoms with van der Waals surface area (Å²) in [5.74, 6) is 0. The molecule has 3 rings (SSSR count). The number of rotatable bonds is 3. The highest BCUT2D eigenvalue weighted by atomic mass is 15.3. The second-order valence-electron chi connectivity index (χ2n) is 4.94. The average Bonchev–Trinajstić information content (AvgIpc) is 2.86. The Hall–Kier alpha value is -1.77. The number of anilines is 1. The van der Waals surface area contributed by atoms with Crippen LogP contribution in [0.5, 0.6) is 0 Å². The van der Waals surface area contributed by atoms with Crippen LogP contribution in [0.15, 0.2) is 36.7 Å². The molecule has 1 heterocycles. The summed E-state index contributed by atoms with van der Waals surface area (Å²) in [4.78, 5) is 0. The van der Waals surface area contributed by atoms with Gasteiger partial charge in [-0.3, -0.25) is 4.68 Å². The lowest BCUT2D eigenvalue weighted by Gasteiger charge is -2.25. The van der Waals surface area contributed by atoms with Gasteiger partial charge in [-0.1, -0.05) is 24.3 Å². The summed E-state index contributed by atoms with van der Waals surface area (Å²) in [5.41, 5.74) is 4.14. The predicted molar refractivity (Wildman–Crippen MR) is 73.8 cm³/mol. The lowest BCUT2D eigenvalue weighted by Crippen LogP contribution is -2.27. The zero-order valence-electron chi connectivity index (χ0n) is 10.8. The van der Waals surface area contributed by atoms with Crippen LogP contribution in [0, 0.1) is 0 Å². The molecule has 0 saturated heterocycles. The maximum absolute atomic E-state index is 4.30. The molecule has 0 bridgehead atoms. The molecule has 2 aromatic rings. The Bertz CT molecular complexity index is 530. The van der Waals surface area contributed by atoms with Crippen LogP contribution in [0.25, 0.3) is 0 Å². The summed E-state index contributed by atoms with van der Waals surface area (Å²) in [6.45, 7) is 3.03. The molecule has 0 amide bonds. The summed E-state index contributed by atoms with van der Waals surface area (Å²) in [6.07, 6.45) is 7.50. The molecule has 3 nitrogen and oxygen atoms in total. The lowest BCUT2D eigenvalue weighted by atomic mass is 9.88. The molecule has 18 heavy (non-hydrogen) atoms. The molecular formula is C15H19N3. The number of aromatic nitrogens is 2. The van der Waals surface area contributed by atoms with Gasteiger partial charge in [-0.05, 0) is 37.3 Å². The van der Waals surface area contributed by atoms with E-state index in [0.29, 0.717) is 6.04 Å². The molecule has 1 N–H and O–H groups in total. The minimum Gasteiger partial charge on any atom is -0.379 e. The van der Waals surface area contributed by atoms with Crippen LogP contribution in [0.1, 0.15) is 24.5 Å². The first-order valence-electron chi connectivity index (χ1n) is 6.71. The Morgan fingerprint density at radius 1 is 1.33 bits per heavy atom. The molecular weight excluding hydrogens is 222 g/mol. The molecule has 1 aliphatic carbocycles. The minimum absolute atomic E-state index is 0.536. The van der Waals surface area contributed by atoms with Gasteiger partial charge in [0.25, 0.3) is 0 Å². The number of nitrogens with zero attached hydrogens (tertiary/aromatic N) is 2. The third kappa shape index (κ3) is 2.26. The highest BCUT2D eigenvalue weighted by Gasteiger charge is 2.18. The number of nitrogens with one attached hydrogen (secondary N) is 1. The molecule has 1 aromatic heterocycles. The number of aryl methyl sites for hydroxylation is 2. The van der Waals surface area contributed by atoms with Gasteiger partial charge in [-0.2, -0.15) is 5.10 Å². The first kappa shape index (κ1) is 11.3. The van der Waals surface area contributed by atoms with Crippen LogP contribution >= 0.6 is 0 Å². The fourth-order valence-corrected chi connectivity index (χ4v) is 2.67. The van der Waals surface area contributed by atoms with Gasteiger partial charge in [-0.15, -0.1) is 0 Å². The molecule has 1 aromatic carbocycles. The van der Waals surface area contributed by atoms with Gasteiger partial charge in [-0.25, -0.2) is 0 Å². The van der Waals surface area contributed by atoms with Gasteiger partial charge in [0, 0.05) is 18.8 Å². The van der Waals surface area contributed by atoms with Gasteiger partial charge in [0.1, 0.15) is 0 Å². The largest absolute Gasteiger partial charge is 0.379 e. The fraction of sp³-hybridized carbons (Fsp3) is 0.400. The maximum Gasteiger partial charge on any atom is 0.0728 e. The number of fused-ring (bicyclic) bond motifs is 1. The maximum atomic E-state index is 4.30. The van der Waals surface area contributed by atoms with Crippen LogP contribution < -0.4 is 5.32 Å². The lowest BCUT2D eigenvalue weighted by molar-refractivity contribution is 0.610. The third-order valence-electron chi connectivity index (χ3n) is 3.67. The zero-order chi connectivity index (χ0) is 12.4. The molecule has 1 unspecified atom stereocenters. The third-order valence-corrected chi connectivity index (χ3v) is 3.67. The summed E-state index contributed by atoms with van der Waals surface area (Å²) >= 11 is 0. The molecule has 1 atom stereocenters. The van der Waals surface area contributed by atoms with Gasteiger partial charge in [0.15, 0.2) is 0 Å². The molecule has 0 fully saturated rings. The summed E-state index contributed by atoms with van der Waals surface area (Å²) in [6, 6.07) is 9.31. The van der Waals surface area contributed by atoms with E-state index in [4.69, 9.17) is 0 Å². The van der Waals surface area contributed by atoms with Crippen molar-refractivity contribution >= 4 is 5.69 Å². The fourth-order valence-electron chi connectivity index (χ4n) is 2.67. The van der Waals surface area contributed by atoms with E-state index in [1.165, 1.54) is 24.0 Å². The molecule has 1 aliphatic rings. The highest BCUT2D eigenvalue weighted by Crippen LogP contribution is 2.23. The number of benzene rings is 1.